The molecule has 2 aliphatic rings. The molecule has 3 N–H and O–H groups in total. The number of alkyl carbamates (subject to hydrolysis) is 1. The van der Waals surface area contributed by atoms with E-state index in [-0.39, 0.29) is 66.5 Å². The van der Waals surface area contributed by atoms with Gasteiger partial charge in [-0.2, -0.15) is 0 Å². The van der Waals surface area contributed by atoms with Crippen LogP contribution in [0.4, 0.5) is 14.9 Å². The van der Waals surface area contributed by atoms with E-state index in [0.29, 0.717) is 19.1 Å². The van der Waals surface area contributed by atoms with Gasteiger partial charge in [-0.05, 0) is 43.2 Å². The Morgan fingerprint density at radius 1 is 1.20 bits per heavy atom. The number of aromatic carboxylic acids is 1. The van der Waals surface area contributed by atoms with Crippen LogP contribution in [0.15, 0.2) is 47.4 Å². The average molecular weight is 552 g/mol. The number of carbonyl (C=O) groups excluding carboxylic acids is 2. The van der Waals surface area contributed by atoms with Gasteiger partial charge in [-0.3, -0.25) is 9.59 Å². The predicted octanol–water partition coefficient (Wildman–Crippen LogP) is 3.49. The summed E-state index contributed by atoms with van der Waals surface area (Å²) in [6.07, 6.45) is 3.46. The molecule has 1 amide bonds. The van der Waals surface area contributed by atoms with Crippen molar-refractivity contribution in [3.8, 4) is 0 Å². The molecular weight excluding hydrogens is 521 g/mol. The van der Waals surface area contributed by atoms with E-state index in [2.05, 4.69) is 5.32 Å². The summed E-state index contributed by atoms with van der Waals surface area (Å²) in [5, 5.41) is 21.8. The zero-order valence-corrected chi connectivity index (χ0v) is 21.7. The second-order valence-corrected chi connectivity index (χ2v) is 10.3. The number of aliphatic hydroxyl groups is 1. The number of halogens is 1. The van der Waals surface area contributed by atoms with Crippen molar-refractivity contribution >= 4 is 34.9 Å². The van der Waals surface area contributed by atoms with Crippen molar-refractivity contribution in [3.63, 3.8) is 0 Å². The van der Waals surface area contributed by atoms with Gasteiger partial charge in [-0.1, -0.05) is 30.3 Å². The third kappa shape index (κ3) is 5.42. The van der Waals surface area contributed by atoms with Crippen molar-refractivity contribution in [2.75, 3.05) is 24.6 Å². The Bertz CT molecular complexity index is 1500. The molecule has 2 atom stereocenters. The minimum atomic E-state index is -1.42. The van der Waals surface area contributed by atoms with E-state index < -0.39 is 28.9 Å². The standard InChI is InChI=1S/C29H30FN3O7/c30-24-11-21-25(33(19-6-7-19)14-22(27(21)36)28(37)38)23(15-35)26(24)32-13-18(10-20(32)8-9-34)12-31-29(39)40-16-17-4-2-1-3-5-17/h1-5,11,14-15,18-20,34H,6-10,12-13,16H2,(H,31,39)(H,37,38). The Morgan fingerprint density at radius 2 is 1.95 bits per heavy atom. The first kappa shape index (κ1) is 27.3. The lowest BCUT2D eigenvalue weighted by Crippen LogP contribution is -2.34. The van der Waals surface area contributed by atoms with Crippen LogP contribution >= 0.6 is 0 Å². The molecule has 5 rings (SSSR count). The normalized spacial score (nSPS) is 18.6. The highest BCUT2D eigenvalue weighted by atomic mass is 19.1. The molecule has 2 fully saturated rings. The molecule has 2 aromatic carbocycles. The number of hydrogen-bond acceptors (Lipinski definition) is 7. The molecule has 1 aromatic heterocycles. The number of anilines is 1. The first-order chi connectivity index (χ1) is 19.3. The molecule has 3 aromatic rings. The van der Waals surface area contributed by atoms with Crippen molar-refractivity contribution in [3.05, 3.63) is 75.3 Å². The maximum absolute atomic E-state index is 15.7. The number of nitrogens with zero attached hydrogens (tertiary/aromatic N) is 2. The van der Waals surface area contributed by atoms with E-state index in [4.69, 9.17) is 4.74 Å². The summed E-state index contributed by atoms with van der Waals surface area (Å²) in [7, 11) is 0. The molecule has 0 spiro atoms. The van der Waals surface area contributed by atoms with Crippen molar-refractivity contribution in [1.29, 1.82) is 0 Å². The van der Waals surface area contributed by atoms with E-state index in [9.17, 15) is 29.4 Å². The number of aldehydes is 1. The van der Waals surface area contributed by atoms with E-state index in [0.717, 1.165) is 24.5 Å². The van der Waals surface area contributed by atoms with E-state index in [1.165, 1.54) is 6.20 Å². The molecule has 2 heterocycles. The van der Waals surface area contributed by atoms with Crippen LogP contribution < -0.4 is 15.6 Å². The second kappa shape index (κ2) is 11.5. The minimum Gasteiger partial charge on any atom is -0.477 e. The lowest BCUT2D eigenvalue weighted by Gasteiger charge is -2.29. The van der Waals surface area contributed by atoms with E-state index in [1.807, 2.05) is 30.3 Å². The summed E-state index contributed by atoms with van der Waals surface area (Å²) in [6.45, 7) is 0.481. The number of amides is 1. The van der Waals surface area contributed by atoms with Crippen LogP contribution in [-0.4, -0.2) is 58.9 Å². The minimum absolute atomic E-state index is 0.00646. The van der Waals surface area contributed by atoms with Gasteiger partial charge in [0.15, 0.2) is 6.29 Å². The molecule has 10 nitrogen and oxygen atoms in total. The van der Waals surface area contributed by atoms with E-state index in [1.54, 1.807) is 9.47 Å². The number of carboxylic acids is 1. The van der Waals surface area contributed by atoms with Gasteiger partial charge < -0.3 is 29.7 Å². The zero-order chi connectivity index (χ0) is 28.4. The Balaban J connectivity index is 1.43. The van der Waals surface area contributed by atoms with Crippen LogP contribution in [0.3, 0.4) is 0 Å². The summed E-state index contributed by atoms with van der Waals surface area (Å²) in [5.74, 6) is -2.37. The number of aromatic nitrogens is 1. The molecule has 11 heteroatoms. The maximum Gasteiger partial charge on any atom is 0.407 e. The fraction of sp³-hybridized carbons (Fsp3) is 0.379. The summed E-state index contributed by atoms with van der Waals surface area (Å²) in [6, 6.07) is 9.83. The van der Waals surface area contributed by atoms with Gasteiger partial charge in [-0.15, -0.1) is 0 Å². The largest absolute Gasteiger partial charge is 0.477 e. The Morgan fingerprint density at radius 3 is 2.60 bits per heavy atom. The fourth-order valence-corrected chi connectivity index (χ4v) is 5.56. The number of fused-ring (bicyclic) bond motifs is 1. The number of carbonyl (C=O) groups is 3. The first-order valence-corrected chi connectivity index (χ1v) is 13.2. The predicted molar refractivity (Wildman–Crippen MR) is 144 cm³/mol. The number of carboxylic acid groups (broad SMARTS) is 1. The van der Waals surface area contributed by atoms with Gasteiger partial charge in [0.05, 0.1) is 22.2 Å². The topological polar surface area (TPSA) is 138 Å². The molecule has 1 saturated heterocycles. The highest BCUT2D eigenvalue weighted by Gasteiger charge is 2.37. The van der Waals surface area contributed by atoms with Crippen LogP contribution in [0.5, 0.6) is 0 Å². The van der Waals surface area contributed by atoms with Crippen LogP contribution in [0.2, 0.25) is 0 Å². The van der Waals surface area contributed by atoms with Gasteiger partial charge in [0, 0.05) is 38.0 Å². The number of ether oxygens (including phenoxy) is 1. The molecule has 2 unspecified atom stereocenters. The van der Waals surface area contributed by atoms with Gasteiger partial charge in [0.1, 0.15) is 18.0 Å². The molecule has 1 aliphatic heterocycles. The number of pyridine rings is 1. The summed E-state index contributed by atoms with van der Waals surface area (Å²) < 4.78 is 22.6. The molecule has 210 valence electrons. The number of nitrogens with one attached hydrogen (secondary N) is 1. The van der Waals surface area contributed by atoms with Crippen molar-refractivity contribution < 1.29 is 33.7 Å². The average Bonchev–Trinajstić information content (AvgIpc) is 3.72. The zero-order valence-electron chi connectivity index (χ0n) is 21.7. The summed E-state index contributed by atoms with van der Waals surface area (Å²) >= 11 is 0. The molecule has 1 aliphatic carbocycles. The van der Waals surface area contributed by atoms with Crippen molar-refractivity contribution in [1.82, 2.24) is 9.88 Å². The van der Waals surface area contributed by atoms with Crippen LogP contribution in [0.1, 0.15) is 58.0 Å². The first-order valence-electron chi connectivity index (χ1n) is 13.2. The van der Waals surface area contributed by atoms with Crippen LogP contribution in [-0.2, 0) is 11.3 Å². The Kier molecular flexibility index (Phi) is 7.83. The Hall–Kier alpha value is -4.25. The fourth-order valence-electron chi connectivity index (χ4n) is 5.56. The quantitative estimate of drug-likeness (QED) is 0.326. The molecule has 0 radical (unpaired) electrons. The highest BCUT2D eigenvalue weighted by molar-refractivity contribution is 6.04. The second-order valence-electron chi connectivity index (χ2n) is 10.3. The smallest absolute Gasteiger partial charge is 0.407 e. The lowest BCUT2D eigenvalue weighted by atomic mass is 10.0. The molecule has 0 bridgehead atoms. The third-order valence-electron chi connectivity index (χ3n) is 7.57. The Labute approximate surface area is 229 Å². The highest BCUT2D eigenvalue weighted by Crippen LogP contribution is 2.41. The van der Waals surface area contributed by atoms with E-state index >= 15 is 4.39 Å². The monoisotopic (exact) mass is 551 g/mol. The number of benzene rings is 2. The van der Waals surface area contributed by atoms with Gasteiger partial charge >= 0.3 is 12.1 Å². The maximum atomic E-state index is 15.7. The molecular formula is C29H30FN3O7. The van der Waals surface area contributed by atoms with Gasteiger partial charge in [0.25, 0.3) is 0 Å². The van der Waals surface area contributed by atoms with Gasteiger partial charge in [0.2, 0.25) is 5.43 Å². The molecule has 1 saturated carbocycles. The number of hydrogen-bond donors (Lipinski definition) is 3. The SMILES string of the molecule is O=Cc1c(N2CC(CNC(=O)OCc3ccccc3)CC2CCO)c(F)cc2c(=O)c(C(=O)O)cn(C3CC3)c12. The van der Waals surface area contributed by atoms with Crippen molar-refractivity contribution in [2.45, 2.75) is 44.4 Å². The number of rotatable bonds is 10. The molecule has 40 heavy (non-hydrogen) atoms. The van der Waals surface area contributed by atoms with Crippen LogP contribution in [0, 0.1) is 11.7 Å². The van der Waals surface area contributed by atoms with Crippen molar-refractivity contribution in [2.24, 2.45) is 5.92 Å². The number of aliphatic hydroxyl groups excluding tert-OH is 1. The summed E-state index contributed by atoms with van der Waals surface area (Å²) in [5.41, 5.74) is -0.300. The third-order valence-corrected chi connectivity index (χ3v) is 7.57. The lowest BCUT2D eigenvalue weighted by molar-refractivity contribution is 0.0694. The summed E-state index contributed by atoms with van der Waals surface area (Å²) in [4.78, 5) is 51.1. The van der Waals surface area contributed by atoms with Crippen LogP contribution in [0.25, 0.3) is 10.9 Å². The van der Waals surface area contributed by atoms with Gasteiger partial charge in [-0.25, -0.2) is 14.0 Å².